The van der Waals surface area contributed by atoms with E-state index in [9.17, 15) is 29.1 Å². The average molecular weight is 482 g/mol. The van der Waals surface area contributed by atoms with Gasteiger partial charge in [-0.25, -0.2) is 9.78 Å². The second-order valence-electron chi connectivity index (χ2n) is 8.31. The first kappa shape index (κ1) is 28.6. The van der Waals surface area contributed by atoms with Crippen LogP contribution in [0, 0.1) is 5.92 Å². The number of nitrogens with zero attached hydrogens (tertiary/aromatic N) is 3. The van der Waals surface area contributed by atoms with Gasteiger partial charge in [-0.15, -0.1) is 0 Å². The summed E-state index contributed by atoms with van der Waals surface area (Å²) in [7, 11) is 0. The number of carboxylic acids is 2. The van der Waals surface area contributed by atoms with Crippen LogP contribution in [-0.4, -0.2) is 79.5 Å². The highest BCUT2D eigenvalue weighted by Crippen LogP contribution is 2.06. The Morgan fingerprint density at radius 1 is 1.06 bits per heavy atom. The number of carbonyl (C=O) groups excluding carboxylic acids is 3. The number of hydrogen-bond acceptors (Lipinski definition) is 6. The number of aryl methyl sites for hydroxylation is 1. The summed E-state index contributed by atoms with van der Waals surface area (Å²) < 4.78 is 1.95. The molecule has 0 radical (unpaired) electrons. The smallest absolute Gasteiger partial charge is 0.326 e. The van der Waals surface area contributed by atoms with Crippen molar-refractivity contribution >= 4 is 29.7 Å². The van der Waals surface area contributed by atoms with Crippen LogP contribution in [0.15, 0.2) is 18.7 Å². The van der Waals surface area contributed by atoms with E-state index in [2.05, 4.69) is 15.6 Å². The number of imidazole rings is 1. The molecule has 0 aliphatic carbocycles. The lowest BCUT2D eigenvalue weighted by Gasteiger charge is -2.24. The van der Waals surface area contributed by atoms with E-state index >= 15 is 0 Å². The van der Waals surface area contributed by atoms with Gasteiger partial charge in [0.05, 0.1) is 19.3 Å². The molecule has 0 fully saturated rings. The Kier molecular flexibility index (Phi) is 12.3. The SMILES string of the molecule is CCN(CC(=O)N[C@@H](CC(=O)O)C(=O)N[C@H](C(=O)O)C(C)C)C(=O)CCCCCn1ccnc1. The van der Waals surface area contributed by atoms with E-state index in [1.54, 1.807) is 33.3 Å². The van der Waals surface area contributed by atoms with E-state index in [4.69, 9.17) is 5.11 Å². The molecular weight excluding hydrogens is 446 g/mol. The van der Waals surface area contributed by atoms with Crippen molar-refractivity contribution in [2.75, 3.05) is 13.1 Å². The minimum Gasteiger partial charge on any atom is -0.481 e. The number of aliphatic carboxylic acids is 2. The summed E-state index contributed by atoms with van der Waals surface area (Å²) >= 11 is 0. The van der Waals surface area contributed by atoms with Gasteiger partial charge in [0.25, 0.3) is 0 Å². The predicted molar refractivity (Wildman–Crippen MR) is 122 cm³/mol. The summed E-state index contributed by atoms with van der Waals surface area (Å²) in [4.78, 5) is 65.2. The Morgan fingerprint density at radius 2 is 1.76 bits per heavy atom. The highest BCUT2D eigenvalue weighted by Gasteiger charge is 2.30. The second kappa shape index (κ2) is 14.7. The van der Waals surface area contributed by atoms with Gasteiger partial charge in [-0.3, -0.25) is 19.2 Å². The van der Waals surface area contributed by atoms with E-state index < -0.39 is 48.2 Å². The first-order valence-corrected chi connectivity index (χ1v) is 11.3. The molecule has 34 heavy (non-hydrogen) atoms. The predicted octanol–water partition coefficient (Wildman–Crippen LogP) is 0.477. The molecular formula is C22H35N5O7. The van der Waals surface area contributed by atoms with Crippen LogP contribution in [0.25, 0.3) is 0 Å². The van der Waals surface area contributed by atoms with E-state index in [0.717, 1.165) is 19.4 Å². The fourth-order valence-corrected chi connectivity index (χ4v) is 3.27. The van der Waals surface area contributed by atoms with Crippen molar-refractivity contribution in [2.24, 2.45) is 5.92 Å². The maximum atomic E-state index is 12.5. The van der Waals surface area contributed by atoms with Gasteiger partial charge in [0.2, 0.25) is 17.7 Å². The van der Waals surface area contributed by atoms with Crippen LogP contribution in [0.3, 0.4) is 0 Å². The molecule has 1 heterocycles. The van der Waals surface area contributed by atoms with Crippen LogP contribution in [0.5, 0.6) is 0 Å². The fourth-order valence-electron chi connectivity index (χ4n) is 3.27. The Bertz CT molecular complexity index is 826. The minimum atomic E-state index is -1.47. The zero-order valence-electron chi connectivity index (χ0n) is 19.9. The van der Waals surface area contributed by atoms with Gasteiger partial charge < -0.3 is 30.3 Å². The van der Waals surface area contributed by atoms with E-state index in [1.165, 1.54) is 4.90 Å². The van der Waals surface area contributed by atoms with Crippen LogP contribution in [0.2, 0.25) is 0 Å². The molecule has 1 rings (SSSR count). The fraction of sp³-hybridized carbons (Fsp3) is 0.636. The number of nitrogens with one attached hydrogen (secondary N) is 2. The number of likely N-dealkylation sites (N-methyl/N-ethyl adjacent to an activating group) is 1. The van der Waals surface area contributed by atoms with E-state index in [0.29, 0.717) is 6.42 Å². The number of carbonyl (C=O) groups is 5. The minimum absolute atomic E-state index is 0.217. The quantitative estimate of drug-likeness (QED) is 0.247. The Hall–Kier alpha value is -3.44. The lowest BCUT2D eigenvalue weighted by Crippen LogP contribution is -2.55. The number of hydrogen-bond donors (Lipinski definition) is 4. The third kappa shape index (κ3) is 10.5. The van der Waals surface area contributed by atoms with Gasteiger partial charge in [-0.05, 0) is 25.7 Å². The van der Waals surface area contributed by atoms with Crippen molar-refractivity contribution in [3.8, 4) is 0 Å². The lowest BCUT2D eigenvalue weighted by atomic mass is 10.0. The van der Waals surface area contributed by atoms with Crippen molar-refractivity contribution in [3.05, 3.63) is 18.7 Å². The average Bonchev–Trinajstić information content (AvgIpc) is 3.27. The van der Waals surface area contributed by atoms with Crippen LogP contribution in [0.4, 0.5) is 0 Å². The molecule has 12 nitrogen and oxygen atoms in total. The van der Waals surface area contributed by atoms with Crippen molar-refractivity contribution in [1.29, 1.82) is 0 Å². The zero-order chi connectivity index (χ0) is 25.7. The van der Waals surface area contributed by atoms with Crippen LogP contribution in [0.1, 0.15) is 52.9 Å². The molecule has 3 amide bonds. The third-order valence-corrected chi connectivity index (χ3v) is 5.20. The number of rotatable bonds is 16. The Labute approximate surface area is 198 Å². The molecule has 0 saturated heterocycles. The van der Waals surface area contributed by atoms with Gasteiger partial charge in [-0.2, -0.15) is 0 Å². The maximum absolute atomic E-state index is 12.5. The molecule has 4 N–H and O–H groups in total. The molecule has 0 aliphatic rings. The summed E-state index contributed by atoms with van der Waals surface area (Å²) in [6, 6.07) is -2.70. The number of unbranched alkanes of at least 4 members (excludes halogenated alkanes) is 2. The van der Waals surface area contributed by atoms with Gasteiger partial charge >= 0.3 is 11.9 Å². The topological polar surface area (TPSA) is 171 Å². The molecule has 0 saturated carbocycles. The van der Waals surface area contributed by atoms with Crippen LogP contribution >= 0.6 is 0 Å². The van der Waals surface area contributed by atoms with Gasteiger partial charge in [-0.1, -0.05) is 20.3 Å². The molecule has 0 spiro atoms. The number of aromatic nitrogens is 2. The molecule has 0 bridgehead atoms. The van der Waals surface area contributed by atoms with Crippen molar-refractivity contribution in [2.45, 2.75) is 71.5 Å². The van der Waals surface area contributed by atoms with E-state index in [1.807, 2.05) is 10.8 Å². The Morgan fingerprint density at radius 3 is 2.29 bits per heavy atom. The molecule has 0 aliphatic heterocycles. The summed E-state index contributed by atoms with van der Waals surface area (Å²) in [5.41, 5.74) is 0. The maximum Gasteiger partial charge on any atom is 0.326 e. The third-order valence-electron chi connectivity index (χ3n) is 5.20. The zero-order valence-corrected chi connectivity index (χ0v) is 19.9. The molecule has 1 aromatic rings. The Balaban J connectivity index is 2.58. The summed E-state index contributed by atoms with van der Waals surface area (Å²) in [6.07, 6.45) is 7.20. The largest absolute Gasteiger partial charge is 0.481 e. The first-order valence-electron chi connectivity index (χ1n) is 11.3. The summed E-state index contributed by atoms with van der Waals surface area (Å²) in [5, 5.41) is 22.9. The van der Waals surface area contributed by atoms with Gasteiger partial charge in [0, 0.05) is 31.9 Å². The first-order chi connectivity index (χ1) is 16.0. The lowest BCUT2D eigenvalue weighted by molar-refractivity contribution is -0.144. The van der Waals surface area contributed by atoms with Crippen molar-refractivity contribution in [3.63, 3.8) is 0 Å². The number of carboxylic acid groups (broad SMARTS) is 2. The summed E-state index contributed by atoms with van der Waals surface area (Å²) in [6.45, 7) is 5.64. The van der Waals surface area contributed by atoms with Gasteiger partial charge in [0.1, 0.15) is 12.1 Å². The highest BCUT2D eigenvalue weighted by atomic mass is 16.4. The normalized spacial score (nSPS) is 12.6. The number of amides is 3. The van der Waals surface area contributed by atoms with E-state index in [-0.39, 0.29) is 25.4 Å². The molecule has 1 aromatic heterocycles. The molecule has 2 atom stereocenters. The van der Waals surface area contributed by atoms with Gasteiger partial charge in [0.15, 0.2) is 0 Å². The van der Waals surface area contributed by atoms with Crippen LogP contribution in [-0.2, 0) is 30.5 Å². The van der Waals surface area contributed by atoms with Crippen LogP contribution < -0.4 is 10.6 Å². The van der Waals surface area contributed by atoms with Crippen molar-refractivity contribution < 1.29 is 34.2 Å². The molecule has 0 unspecified atom stereocenters. The second-order valence-corrected chi connectivity index (χ2v) is 8.31. The molecule has 12 heteroatoms. The monoisotopic (exact) mass is 481 g/mol. The van der Waals surface area contributed by atoms with Crippen molar-refractivity contribution in [1.82, 2.24) is 25.1 Å². The highest BCUT2D eigenvalue weighted by molar-refractivity contribution is 5.94. The summed E-state index contributed by atoms with van der Waals surface area (Å²) in [5.74, 6) is -4.88. The molecule has 190 valence electrons. The standard InChI is InChI=1S/C22H35N5O7/c1-4-27(18(29)8-6-5-7-10-26-11-9-23-14-26)13-17(28)24-16(12-19(30)31)21(32)25-20(15(2)3)22(33)34/h9,11,14-16,20H,4-8,10,12-13H2,1-3H3,(H,24,28)(H,25,32)(H,30,31)(H,33,34)/t16-,20-/m0/s1. The molecule has 0 aromatic carbocycles.